The third-order valence-electron chi connectivity index (χ3n) is 5.88. The van der Waals surface area contributed by atoms with Gasteiger partial charge in [0.05, 0.1) is 10.9 Å². The van der Waals surface area contributed by atoms with Crippen LogP contribution in [0.4, 0.5) is 5.69 Å². The van der Waals surface area contributed by atoms with Gasteiger partial charge < -0.3 is 10.1 Å². The lowest BCUT2D eigenvalue weighted by molar-refractivity contribution is 0.424. The van der Waals surface area contributed by atoms with E-state index in [1.165, 1.54) is 5.56 Å². The minimum Gasteiger partial charge on any atom is -0.457 e. The molecular weight excluding hydrogens is 396 g/mol. The van der Waals surface area contributed by atoms with Crippen LogP contribution in [0.1, 0.15) is 29.5 Å². The molecule has 152 valence electrons. The maximum atomic E-state index is 11.8. The summed E-state index contributed by atoms with van der Waals surface area (Å²) in [5, 5.41) is 8.95. The third-order valence-corrected chi connectivity index (χ3v) is 6.79. The van der Waals surface area contributed by atoms with E-state index in [4.69, 9.17) is 9.88 Å². The first-order valence-electron chi connectivity index (χ1n) is 9.92. The van der Waals surface area contributed by atoms with Crippen molar-refractivity contribution in [3.63, 3.8) is 0 Å². The topological polar surface area (TPSA) is 81.4 Å². The Morgan fingerprint density at radius 1 is 0.933 bits per heavy atom. The first kappa shape index (κ1) is 18.9. The van der Waals surface area contributed by atoms with E-state index >= 15 is 0 Å². The Morgan fingerprint density at radius 3 is 2.40 bits per heavy atom. The molecule has 0 saturated heterocycles. The molecule has 3 N–H and O–H groups in total. The number of hydrogen-bond acceptors (Lipinski definition) is 4. The summed E-state index contributed by atoms with van der Waals surface area (Å²) in [6.45, 7) is 0. The number of para-hydroxylation sites is 1. The number of ether oxygens (including phenoxy) is 1. The average Bonchev–Trinajstić information content (AvgIpc) is 3.24. The Labute approximate surface area is 176 Å². The van der Waals surface area contributed by atoms with Crippen LogP contribution in [0, 0.1) is 5.92 Å². The maximum Gasteiger partial charge on any atom is 0.238 e. The molecule has 1 aliphatic heterocycles. The molecule has 2 aliphatic rings. The largest absolute Gasteiger partial charge is 0.457 e. The predicted molar refractivity (Wildman–Crippen MR) is 117 cm³/mol. The number of rotatable bonds is 4. The quantitative estimate of drug-likeness (QED) is 0.587. The number of primary sulfonamides is 1. The van der Waals surface area contributed by atoms with Gasteiger partial charge in [0.25, 0.3) is 0 Å². The Bertz CT molecular complexity index is 1200. The summed E-state index contributed by atoms with van der Waals surface area (Å²) in [7, 11) is -3.73. The third kappa shape index (κ3) is 3.49. The van der Waals surface area contributed by atoms with Crippen molar-refractivity contribution < 1.29 is 13.2 Å². The number of allylic oxidation sites excluding steroid dienone is 2. The van der Waals surface area contributed by atoms with E-state index in [0.29, 0.717) is 5.92 Å². The zero-order chi connectivity index (χ0) is 20.7. The lowest BCUT2D eigenvalue weighted by Crippen LogP contribution is -2.29. The zero-order valence-corrected chi connectivity index (χ0v) is 17.0. The van der Waals surface area contributed by atoms with Gasteiger partial charge in [-0.25, -0.2) is 13.6 Å². The van der Waals surface area contributed by atoms with E-state index in [0.717, 1.165) is 29.2 Å². The summed E-state index contributed by atoms with van der Waals surface area (Å²) in [5.41, 5.74) is 3.11. The number of hydrogen-bond donors (Lipinski definition) is 2. The van der Waals surface area contributed by atoms with E-state index in [2.05, 4.69) is 29.6 Å². The molecule has 3 atom stereocenters. The van der Waals surface area contributed by atoms with Gasteiger partial charge in [-0.2, -0.15) is 0 Å². The fourth-order valence-electron chi connectivity index (χ4n) is 4.45. The van der Waals surface area contributed by atoms with E-state index < -0.39 is 10.0 Å². The number of sulfonamides is 1. The molecule has 1 aliphatic carbocycles. The lowest BCUT2D eigenvalue weighted by atomic mass is 9.77. The minimum atomic E-state index is -3.73. The Hall–Kier alpha value is -3.09. The standard InChI is InChI=1S/C24H22N2O3S/c25-30(27,28)19-13-14-23-22(15-19)20-7-4-8-21(20)24(26-23)16-9-11-18(12-10-16)29-17-5-2-1-3-6-17/h1-7,9-15,20-21,24,26H,8H2,(H2,25,27,28)/t20-,21+,24+/m0/s1. The highest BCUT2D eigenvalue weighted by molar-refractivity contribution is 7.89. The van der Waals surface area contributed by atoms with Gasteiger partial charge in [0, 0.05) is 11.6 Å². The summed E-state index contributed by atoms with van der Waals surface area (Å²) < 4.78 is 29.5. The highest BCUT2D eigenvalue weighted by Crippen LogP contribution is 2.50. The monoisotopic (exact) mass is 418 g/mol. The van der Waals surface area contributed by atoms with Crippen molar-refractivity contribution in [1.82, 2.24) is 0 Å². The van der Waals surface area contributed by atoms with Crippen LogP contribution in [0.5, 0.6) is 11.5 Å². The maximum absolute atomic E-state index is 11.8. The molecule has 0 radical (unpaired) electrons. The Morgan fingerprint density at radius 2 is 1.67 bits per heavy atom. The number of nitrogens with two attached hydrogens (primary N) is 1. The molecule has 30 heavy (non-hydrogen) atoms. The highest BCUT2D eigenvalue weighted by atomic mass is 32.2. The summed E-state index contributed by atoms with van der Waals surface area (Å²) in [6, 6.07) is 23.1. The molecule has 5 rings (SSSR count). The van der Waals surface area contributed by atoms with Gasteiger partial charge in [-0.15, -0.1) is 0 Å². The van der Waals surface area contributed by atoms with Gasteiger partial charge in [0.2, 0.25) is 10.0 Å². The smallest absolute Gasteiger partial charge is 0.238 e. The van der Waals surface area contributed by atoms with Crippen molar-refractivity contribution in [1.29, 1.82) is 0 Å². The summed E-state index contributed by atoms with van der Waals surface area (Å²) in [6.07, 6.45) is 5.29. The first-order chi connectivity index (χ1) is 14.5. The second-order valence-electron chi connectivity index (χ2n) is 7.75. The average molecular weight is 419 g/mol. The molecule has 5 nitrogen and oxygen atoms in total. The van der Waals surface area contributed by atoms with E-state index in [-0.39, 0.29) is 16.9 Å². The molecule has 0 aromatic heterocycles. The molecule has 0 fully saturated rings. The summed E-state index contributed by atoms with van der Waals surface area (Å²) in [5.74, 6) is 2.07. The van der Waals surface area contributed by atoms with Gasteiger partial charge in [0.15, 0.2) is 0 Å². The van der Waals surface area contributed by atoms with Gasteiger partial charge in [-0.05, 0) is 65.9 Å². The number of anilines is 1. The van der Waals surface area contributed by atoms with Crippen LogP contribution >= 0.6 is 0 Å². The fraction of sp³-hybridized carbons (Fsp3) is 0.167. The van der Waals surface area contributed by atoms with Crippen molar-refractivity contribution in [2.24, 2.45) is 11.1 Å². The van der Waals surface area contributed by atoms with Crippen LogP contribution in [0.25, 0.3) is 0 Å². The molecular formula is C24H22N2O3S. The molecule has 3 aromatic carbocycles. The van der Waals surface area contributed by atoms with E-state index in [1.807, 2.05) is 48.5 Å². The molecule has 0 saturated carbocycles. The predicted octanol–water partition coefficient (Wildman–Crippen LogP) is 4.95. The minimum absolute atomic E-state index is 0.128. The molecule has 1 heterocycles. The fourth-order valence-corrected chi connectivity index (χ4v) is 5.00. The van der Waals surface area contributed by atoms with Crippen LogP contribution in [-0.2, 0) is 10.0 Å². The Kier molecular flexibility index (Phi) is 4.60. The first-order valence-corrected chi connectivity index (χ1v) is 11.5. The number of benzene rings is 3. The van der Waals surface area contributed by atoms with Gasteiger partial charge >= 0.3 is 0 Å². The molecule has 3 aromatic rings. The van der Waals surface area contributed by atoms with E-state index in [9.17, 15) is 8.42 Å². The SMILES string of the molecule is NS(=O)(=O)c1ccc2c(c1)[C@H]1C=CC[C@H]1[C@@H](c1ccc(Oc3ccccc3)cc1)N2. The van der Waals surface area contributed by atoms with Crippen molar-refractivity contribution in [2.75, 3.05) is 5.32 Å². The van der Waals surface area contributed by atoms with Crippen LogP contribution in [0.2, 0.25) is 0 Å². The highest BCUT2D eigenvalue weighted by Gasteiger charge is 2.38. The van der Waals surface area contributed by atoms with Crippen LogP contribution in [0.3, 0.4) is 0 Å². The number of fused-ring (bicyclic) bond motifs is 3. The second-order valence-corrected chi connectivity index (χ2v) is 9.32. The summed E-state index contributed by atoms with van der Waals surface area (Å²) >= 11 is 0. The lowest BCUT2D eigenvalue weighted by Gasteiger charge is -2.37. The van der Waals surface area contributed by atoms with Gasteiger partial charge in [-0.3, -0.25) is 0 Å². The van der Waals surface area contributed by atoms with Gasteiger partial charge in [0.1, 0.15) is 11.5 Å². The molecule has 0 unspecified atom stereocenters. The molecule has 0 spiro atoms. The van der Waals surface area contributed by atoms with Crippen LogP contribution in [-0.4, -0.2) is 8.42 Å². The van der Waals surface area contributed by atoms with Crippen molar-refractivity contribution >= 4 is 15.7 Å². The normalized spacial score (nSPS) is 22.1. The Balaban J connectivity index is 1.43. The van der Waals surface area contributed by atoms with Crippen LogP contribution < -0.4 is 15.2 Å². The van der Waals surface area contributed by atoms with Crippen LogP contribution in [0.15, 0.2) is 89.8 Å². The molecule has 0 amide bonds. The van der Waals surface area contributed by atoms with E-state index in [1.54, 1.807) is 12.1 Å². The van der Waals surface area contributed by atoms with Crippen molar-refractivity contribution in [2.45, 2.75) is 23.3 Å². The second kappa shape index (κ2) is 7.31. The molecule has 0 bridgehead atoms. The van der Waals surface area contributed by atoms with Gasteiger partial charge in [-0.1, -0.05) is 42.5 Å². The number of nitrogens with one attached hydrogen (secondary N) is 1. The summed E-state index contributed by atoms with van der Waals surface area (Å²) in [4.78, 5) is 0.156. The van der Waals surface area contributed by atoms with Crippen molar-refractivity contribution in [3.05, 3.63) is 96.1 Å². The zero-order valence-electron chi connectivity index (χ0n) is 16.2. The van der Waals surface area contributed by atoms with Crippen molar-refractivity contribution in [3.8, 4) is 11.5 Å². The molecule has 6 heteroatoms.